The van der Waals surface area contributed by atoms with Crippen molar-refractivity contribution in [1.29, 1.82) is 0 Å². The molecule has 0 saturated heterocycles. The van der Waals surface area contributed by atoms with Gasteiger partial charge in [-0.25, -0.2) is 0 Å². The van der Waals surface area contributed by atoms with Gasteiger partial charge < -0.3 is 9.62 Å². The van der Waals surface area contributed by atoms with Crippen LogP contribution in [0.25, 0.3) is 0 Å². The van der Waals surface area contributed by atoms with Crippen LogP contribution in [0, 0.1) is 13.8 Å². The van der Waals surface area contributed by atoms with Crippen LogP contribution in [0.2, 0.25) is 0 Å². The molecule has 0 radical (unpaired) electrons. The number of hydrogen-bond acceptors (Lipinski definition) is 3. The molecule has 22 heavy (non-hydrogen) atoms. The molecule has 2 aromatic carbocycles. The van der Waals surface area contributed by atoms with Crippen LogP contribution in [0.3, 0.4) is 0 Å². The number of benzene rings is 2. The summed E-state index contributed by atoms with van der Waals surface area (Å²) in [7, 11) is 4.25. The molecule has 0 bridgehead atoms. The van der Waals surface area contributed by atoms with Crippen molar-refractivity contribution in [2.24, 2.45) is 0 Å². The minimum atomic E-state index is 0.106. The van der Waals surface area contributed by atoms with Crippen molar-refractivity contribution in [3.63, 3.8) is 0 Å². The van der Waals surface area contributed by atoms with Crippen LogP contribution >= 0.6 is 0 Å². The van der Waals surface area contributed by atoms with E-state index in [0.29, 0.717) is 0 Å². The zero-order valence-electron chi connectivity index (χ0n) is 13.8. The summed E-state index contributed by atoms with van der Waals surface area (Å²) in [6, 6.07) is 12.5. The van der Waals surface area contributed by atoms with Crippen LogP contribution in [-0.4, -0.2) is 26.9 Å². The number of carbonyl (C=O) groups excluding carboxylic acids is 1. The van der Waals surface area contributed by atoms with Crippen molar-refractivity contribution in [3.05, 3.63) is 53.1 Å². The lowest BCUT2D eigenvalue weighted by atomic mass is 9.66. The SMILES string of the molecule is CC(=O)c1ccc(B2N(C)c3cc(C)c(C)cc3N2C)cc1. The van der Waals surface area contributed by atoms with Crippen LogP contribution < -0.4 is 15.1 Å². The lowest BCUT2D eigenvalue weighted by Gasteiger charge is -2.23. The second-order valence-electron chi connectivity index (χ2n) is 6.20. The maximum Gasteiger partial charge on any atom is 0.411 e. The highest BCUT2D eigenvalue weighted by molar-refractivity contribution is 6.81. The van der Waals surface area contributed by atoms with Gasteiger partial charge in [-0.15, -0.1) is 0 Å². The Hall–Kier alpha value is -2.23. The number of ketones is 1. The van der Waals surface area contributed by atoms with Crippen LogP contribution in [0.4, 0.5) is 11.4 Å². The summed E-state index contributed by atoms with van der Waals surface area (Å²) in [6.45, 7) is 6.07. The molecule has 0 aliphatic carbocycles. The molecule has 1 aliphatic rings. The Balaban J connectivity index is 2.01. The second kappa shape index (κ2) is 5.20. The topological polar surface area (TPSA) is 23.6 Å². The van der Waals surface area contributed by atoms with Crippen molar-refractivity contribution in [2.45, 2.75) is 20.8 Å². The lowest BCUT2D eigenvalue weighted by molar-refractivity contribution is 0.101. The Labute approximate surface area is 132 Å². The van der Waals surface area contributed by atoms with Crippen molar-refractivity contribution in [3.8, 4) is 0 Å². The monoisotopic (exact) mass is 292 g/mol. The largest absolute Gasteiger partial charge is 0.411 e. The van der Waals surface area contributed by atoms with Gasteiger partial charge in [0.2, 0.25) is 0 Å². The van der Waals surface area contributed by atoms with E-state index >= 15 is 0 Å². The van der Waals surface area contributed by atoms with Crippen molar-refractivity contribution >= 4 is 29.6 Å². The summed E-state index contributed by atoms with van der Waals surface area (Å²) in [4.78, 5) is 16.0. The molecule has 0 aromatic heterocycles. The van der Waals surface area contributed by atoms with Gasteiger partial charge in [0.15, 0.2) is 5.78 Å². The van der Waals surface area contributed by atoms with E-state index in [1.165, 1.54) is 28.0 Å². The summed E-state index contributed by atoms with van der Waals surface area (Å²) in [5, 5.41) is 0. The Morgan fingerprint density at radius 1 is 0.909 bits per heavy atom. The molecule has 0 N–H and O–H groups in total. The molecule has 1 heterocycles. The molecular formula is C18H21BN2O. The molecule has 0 fully saturated rings. The zero-order valence-corrected chi connectivity index (χ0v) is 13.8. The van der Waals surface area contributed by atoms with Gasteiger partial charge in [0.05, 0.1) is 0 Å². The highest BCUT2D eigenvalue weighted by Gasteiger charge is 2.37. The number of hydrogen-bond donors (Lipinski definition) is 0. The van der Waals surface area contributed by atoms with Crippen LogP contribution in [0.5, 0.6) is 0 Å². The van der Waals surface area contributed by atoms with Crippen LogP contribution in [-0.2, 0) is 0 Å². The van der Waals surface area contributed by atoms with Gasteiger partial charge in [0.25, 0.3) is 0 Å². The highest BCUT2D eigenvalue weighted by atomic mass is 16.1. The fourth-order valence-electron chi connectivity index (χ4n) is 3.21. The van der Waals surface area contributed by atoms with E-state index in [-0.39, 0.29) is 12.8 Å². The minimum Gasteiger partial charge on any atom is -0.393 e. The summed E-state index contributed by atoms with van der Waals surface area (Å²) >= 11 is 0. The molecule has 4 heteroatoms. The van der Waals surface area contributed by atoms with Crippen molar-refractivity contribution < 1.29 is 4.79 Å². The predicted octanol–water partition coefficient (Wildman–Crippen LogP) is 2.79. The molecule has 0 amide bonds. The average molecular weight is 292 g/mol. The molecular weight excluding hydrogens is 271 g/mol. The van der Waals surface area contributed by atoms with Gasteiger partial charge >= 0.3 is 6.98 Å². The first kappa shape index (κ1) is 14.7. The molecule has 3 nitrogen and oxygen atoms in total. The average Bonchev–Trinajstić information content (AvgIpc) is 2.72. The molecule has 112 valence electrons. The maximum atomic E-state index is 11.4. The van der Waals surface area contributed by atoms with E-state index in [1.54, 1.807) is 6.92 Å². The molecule has 1 aliphatic heterocycles. The predicted molar refractivity (Wildman–Crippen MR) is 94.6 cm³/mol. The van der Waals surface area contributed by atoms with Gasteiger partial charge in [-0.2, -0.15) is 0 Å². The lowest BCUT2D eigenvalue weighted by Crippen LogP contribution is -2.53. The number of anilines is 2. The maximum absolute atomic E-state index is 11.4. The molecule has 0 atom stereocenters. The molecule has 0 unspecified atom stereocenters. The summed E-state index contributed by atoms with van der Waals surface area (Å²) in [5.41, 5.74) is 7.09. The quantitative estimate of drug-likeness (QED) is 0.628. The third-order valence-corrected chi connectivity index (χ3v) is 4.70. The third-order valence-electron chi connectivity index (χ3n) is 4.70. The Kier molecular flexibility index (Phi) is 3.47. The second-order valence-corrected chi connectivity index (χ2v) is 6.20. The number of Topliss-reactive ketones (excluding diaryl/α,β-unsaturated/α-hetero) is 1. The van der Waals surface area contributed by atoms with E-state index in [4.69, 9.17) is 0 Å². The molecule has 3 rings (SSSR count). The number of fused-ring (bicyclic) bond motifs is 1. The standard InChI is InChI=1S/C18H21BN2O/c1-12-10-17-18(11-13(12)2)21(5)19(20(17)4)16-8-6-15(7-9-16)14(3)22/h6-11H,1-5H3. The van der Waals surface area contributed by atoms with E-state index in [1.807, 2.05) is 12.1 Å². The number of aryl methyl sites for hydroxylation is 2. The van der Waals surface area contributed by atoms with Gasteiger partial charge in [-0.1, -0.05) is 24.3 Å². The van der Waals surface area contributed by atoms with Gasteiger partial charge in [-0.3, -0.25) is 4.79 Å². The number of rotatable bonds is 2. The Bertz CT molecular complexity index is 704. The summed E-state index contributed by atoms with van der Waals surface area (Å²) in [5.74, 6) is 0.106. The fourth-order valence-corrected chi connectivity index (χ4v) is 3.21. The van der Waals surface area contributed by atoms with E-state index in [2.05, 4.69) is 61.8 Å². The third kappa shape index (κ3) is 2.19. The normalized spacial score (nSPS) is 13.6. The first-order valence-corrected chi connectivity index (χ1v) is 7.58. The van der Waals surface area contributed by atoms with Crippen molar-refractivity contribution in [1.82, 2.24) is 0 Å². The number of nitrogens with zero attached hydrogens (tertiary/aromatic N) is 2. The zero-order chi connectivity index (χ0) is 16.0. The van der Waals surface area contributed by atoms with Crippen LogP contribution in [0.1, 0.15) is 28.4 Å². The van der Waals surface area contributed by atoms with Gasteiger partial charge in [0, 0.05) is 16.9 Å². The summed E-state index contributed by atoms with van der Waals surface area (Å²) < 4.78 is 0. The van der Waals surface area contributed by atoms with E-state index in [9.17, 15) is 4.79 Å². The van der Waals surface area contributed by atoms with E-state index in [0.717, 1.165) is 5.56 Å². The highest BCUT2D eigenvalue weighted by Crippen LogP contribution is 2.37. The molecule has 2 aromatic rings. The smallest absolute Gasteiger partial charge is 0.393 e. The summed E-state index contributed by atoms with van der Waals surface area (Å²) in [6.07, 6.45) is 0. The Morgan fingerprint density at radius 2 is 1.36 bits per heavy atom. The first-order valence-electron chi connectivity index (χ1n) is 7.58. The van der Waals surface area contributed by atoms with Gasteiger partial charge in [0.1, 0.15) is 0 Å². The van der Waals surface area contributed by atoms with Gasteiger partial charge in [-0.05, 0) is 63.6 Å². The fraction of sp³-hybridized carbons (Fsp3) is 0.278. The van der Waals surface area contributed by atoms with Crippen molar-refractivity contribution in [2.75, 3.05) is 23.7 Å². The molecule has 0 saturated carbocycles. The Morgan fingerprint density at radius 3 is 1.77 bits per heavy atom. The number of carbonyl (C=O) groups is 1. The first-order chi connectivity index (χ1) is 10.4. The molecule has 0 spiro atoms. The van der Waals surface area contributed by atoms with Crippen LogP contribution in [0.15, 0.2) is 36.4 Å². The van der Waals surface area contributed by atoms with E-state index < -0.39 is 0 Å². The minimum absolute atomic E-state index is 0.106.